The lowest BCUT2D eigenvalue weighted by molar-refractivity contribution is -0.0620. The molecule has 0 bridgehead atoms. The predicted octanol–water partition coefficient (Wildman–Crippen LogP) is 1.90. The van der Waals surface area contributed by atoms with Crippen LogP contribution in [-0.4, -0.2) is 105 Å². The number of anilines is 1. The topological polar surface area (TPSA) is 192 Å². The molecule has 2 fully saturated rings. The number of aliphatic hydroxyl groups excluding tert-OH is 4. The predicted molar refractivity (Wildman–Crippen MR) is 167 cm³/mol. The van der Waals surface area contributed by atoms with Gasteiger partial charge in [-0.1, -0.05) is 19.9 Å². The van der Waals surface area contributed by atoms with E-state index >= 15 is 0 Å². The maximum Gasteiger partial charge on any atom is 0.167 e. The van der Waals surface area contributed by atoms with Crippen molar-refractivity contribution in [3.05, 3.63) is 42.2 Å². The van der Waals surface area contributed by atoms with E-state index < -0.39 is 24.5 Å². The maximum absolute atomic E-state index is 10.9. The molecule has 4 atom stereocenters. The molecule has 0 spiro atoms. The van der Waals surface area contributed by atoms with Crippen LogP contribution in [-0.2, 0) is 16.6 Å². The molecule has 0 amide bonds. The summed E-state index contributed by atoms with van der Waals surface area (Å²) in [6.45, 7) is 9.00. The number of nitrogens with zero attached hydrogens (tertiary/aromatic N) is 6. The molecule has 2 aliphatic rings. The molecule has 6 rings (SSSR count). The summed E-state index contributed by atoms with van der Waals surface area (Å²) in [6.07, 6.45) is 3.42. The molecule has 7 N–H and O–H groups in total. The molecule has 13 heteroatoms. The first-order valence-corrected chi connectivity index (χ1v) is 15.3. The second-order valence-electron chi connectivity index (χ2n) is 12.9. The largest absolute Gasteiger partial charge is 0.400 e. The van der Waals surface area contributed by atoms with Gasteiger partial charge in [-0.25, -0.2) is 19.9 Å². The first-order valence-electron chi connectivity index (χ1n) is 15.3. The van der Waals surface area contributed by atoms with Crippen LogP contribution in [0.2, 0.25) is 0 Å². The average Bonchev–Trinajstić information content (AvgIpc) is 3.68. The quantitative estimate of drug-likeness (QED) is 0.154. The average molecular weight is 611 g/mol. The van der Waals surface area contributed by atoms with E-state index in [1.54, 1.807) is 4.57 Å². The number of benzene rings is 1. The van der Waals surface area contributed by atoms with Gasteiger partial charge in [0.2, 0.25) is 0 Å². The molecule has 4 heterocycles. The monoisotopic (exact) mass is 610 g/mol. The summed E-state index contributed by atoms with van der Waals surface area (Å²) in [6, 6.07) is 6.83. The second-order valence-corrected chi connectivity index (χ2v) is 12.9. The molecule has 1 aromatic carbocycles. The number of H-pyrrole nitrogens is 1. The fraction of sp³-hybridized carbons (Fsp3) is 0.613. The Bertz CT molecular complexity index is 1550. The second kappa shape index (κ2) is 13.0. The highest BCUT2D eigenvalue weighted by atomic mass is 16.6. The van der Waals surface area contributed by atoms with Crippen molar-refractivity contribution in [3.8, 4) is 0 Å². The molecule has 240 valence electrons. The van der Waals surface area contributed by atoms with E-state index in [1.165, 1.54) is 12.7 Å². The maximum atomic E-state index is 10.9. The number of aromatic amines is 1. The minimum Gasteiger partial charge on any atom is -0.400 e. The Morgan fingerprint density at radius 2 is 1.89 bits per heavy atom. The molecule has 44 heavy (non-hydrogen) atoms. The highest BCUT2D eigenvalue weighted by Gasteiger charge is 2.46. The number of aromatic nitrogens is 6. The summed E-state index contributed by atoms with van der Waals surface area (Å²) >= 11 is 0. The van der Waals surface area contributed by atoms with Crippen LogP contribution in [0.25, 0.3) is 22.2 Å². The van der Waals surface area contributed by atoms with E-state index in [1.807, 2.05) is 26.0 Å². The highest BCUT2D eigenvalue weighted by Crippen LogP contribution is 2.38. The molecular weight excluding hydrogens is 564 g/mol. The molecule has 1 aliphatic heterocycles. The lowest BCUT2D eigenvalue weighted by Crippen LogP contribution is -2.52. The summed E-state index contributed by atoms with van der Waals surface area (Å²) in [5, 5.41) is 38.6. The number of fused-ring (bicyclic) bond motifs is 2. The van der Waals surface area contributed by atoms with Gasteiger partial charge in [0.05, 0.1) is 24.0 Å². The molecule has 1 aliphatic carbocycles. The van der Waals surface area contributed by atoms with E-state index in [0.29, 0.717) is 29.7 Å². The van der Waals surface area contributed by atoms with Crippen LogP contribution >= 0.6 is 0 Å². The van der Waals surface area contributed by atoms with Crippen LogP contribution in [0.1, 0.15) is 64.6 Å². The lowest BCUT2D eigenvalue weighted by Gasteiger charge is -2.46. The van der Waals surface area contributed by atoms with Crippen molar-refractivity contribution in [2.24, 2.45) is 5.92 Å². The van der Waals surface area contributed by atoms with Crippen molar-refractivity contribution in [3.63, 3.8) is 0 Å². The Morgan fingerprint density at radius 1 is 1.14 bits per heavy atom. The fourth-order valence-electron chi connectivity index (χ4n) is 6.40. The number of hydrogen-bond donors (Lipinski definition) is 6. The van der Waals surface area contributed by atoms with Gasteiger partial charge in [0.15, 0.2) is 17.7 Å². The van der Waals surface area contributed by atoms with Crippen molar-refractivity contribution in [1.29, 1.82) is 0 Å². The number of nitrogen functional groups attached to an aromatic ring is 1. The van der Waals surface area contributed by atoms with Gasteiger partial charge >= 0.3 is 0 Å². The van der Waals surface area contributed by atoms with Crippen LogP contribution in [0.3, 0.4) is 0 Å². The Morgan fingerprint density at radius 3 is 2.59 bits per heavy atom. The minimum absolute atomic E-state index is 0.0927. The number of aliphatic hydroxyl groups is 4. The molecular formula is C31H46N8O5. The normalized spacial score (nSPS) is 25.5. The van der Waals surface area contributed by atoms with Gasteiger partial charge in [-0.05, 0) is 56.7 Å². The first-order chi connectivity index (χ1) is 21.1. The number of hydrogen-bond acceptors (Lipinski definition) is 11. The van der Waals surface area contributed by atoms with Gasteiger partial charge < -0.3 is 35.9 Å². The molecule has 0 unspecified atom stereocenters. The summed E-state index contributed by atoms with van der Waals surface area (Å²) in [4.78, 5) is 23.2. The van der Waals surface area contributed by atoms with Crippen molar-refractivity contribution in [1.82, 2.24) is 34.4 Å². The fourth-order valence-corrected chi connectivity index (χ4v) is 6.40. The van der Waals surface area contributed by atoms with E-state index in [-0.39, 0.29) is 23.9 Å². The first kappa shape index (κ1) is 32.2. The van der Waals surface area contributed by atoms with E-state index in [0.717, 1.165) is 55.2 Å². The zero-order valence-electron chi connectivity index (χ0n) is 26.1. The zero-order valence-corrected chi connectivity index (χ0v) is 26.1. The van der Waals surface area contributed by atoms with E-state index in [9.17, 15) is 15.3 Å². The van der Waals surface area contributed by atoms with Gasteiger partial charge in [-0.2, -0.15) is 0 Å². The lowest BCUT2D eigenvalue weighted by atomic mass is 9.76. The minimum atomic E-state index is -1.12. The number of imidazole rings is 2. The highest BCUT2D eigenvalue weighted by molar-refractivity contribution is 5.81. The van der Waals surface area contributed by atoms with Crippen molar-refractivity contribution in [2.45, 2.75) is 95.4 Å². The standard InChI is InChI=1S/C30H42N8O4.CH4O/c1-16(2)37(12-22-25(40)26(41)29(42-22)38-15-34-24-27(31)32-14-33-28(24)38)19-9-17(10-19)5-8-23-35-20-7-6-18(11-21(20)36-23)30(3,4)13-39;1-2/h6-7,11,14-17,19,22,25-26,29,39-41H,5,8-10,12-13H2,1-4H3,(H,35,36)(H2,31,32,33);2H,1H3/t17?,19?,22-,25-,26-,29-;/m1./s1. The van der Waals surface area contributed by atoms with Crippen molar-refractivity contribution in [2.75, 3.05) is 26.0 Å². The van der Waals surface area contributed by atoms with Gasteiger partial charge in [-0.3, -0.25) is 9.47 Å². The summed E-state index contributed by atoms with van der Waals surface area (Å²) in [5.41, 5.74) is 9.58. The summed E-state index contributed by atoms with van der Waals surface area (Å²) in [7, 11) is 1.00. The Balaban J connectivity index is 0.00000188. The Hall–Kier alpha value is -3.20. The van der Waals surface area contributed by atoms with Crippen molar-refractivity contribution < 1.29 is 25.2 Å². The number of nitrogens with one attached hydrogen (secondary N) is 1. The van der Waals surface area contributed by atoms with Crippen LogP contribution < -0.4 is 5.73 Å². The van der Waals surface area contributed by atoms with Gasteiger partial charge in [0.1, 0.15) is 36.0 Å². The van der Waals surface area contributed by atoms with Gasteiger partial charge in [0.25, 0.3) is 0 Å². The molecule has 3 aromatic heterocycles. The Labute approximate surface area is 257 Å². The third-order valence-electron chi connectivity index (χ3n) is 9.23. The van der Waals surface area contributed by atoms with Crippen molar-refractivity contribution >= 4 is 28.0 Å². The summed E-state index contributed by atoms with van der Waals surface area (Å²) < 4.78 is 7.85. The number of ether oxygens (including phenoxy) is 1. The number of nitrogens with two attached hydrogens (primary N) is 1. The number of aryl methyl sites for hydroxylation is 1. The zero-order chi connectivity index (χ0) is 31.8. The molecule has 0 radical (unpaired) electrons. The molecule has 4 aromatic rings. The number of rotatable bonds is 10. The molecule has 1 saturated heterocycles. The van der Waals surface area contributed by atoms with Crippen LogP contribution in [0.15, 0.2) is 30.9 Å². The van der Waals surface area contributed by atoms with Crippen LogP contribution in [0.4, 0.5) is 5.82 Å². The van der Waals surface area contributed by atoms with Gasteiger partial charge in [-0.15, -0.1) is 0 Å². The molecule has 13 nitrogen and oxygen atoms in total. The van der Waals surface area contributed by atoms with Crippen LogP contribution in [0, 0.1) is 5.92 Å². The Kier molecular flexibility index (Phi) is 9.54. The van der Waals surface area contributed by atoms with E-state index in [4.69, 9.17) is 20.6 Å². The molecule has 1 saturated carbocycles. The summed E-state index contributed by atoms with van der Waals surface area (Å²) in [5.74, 6) is 1.85. The third kappa shape index (κ3) is 6.17. The smallest absolute Gasteiger partial charge is 0.167 e. The SMILES string of the molecule is CC(C)N(C[C@H]1O[C@@H](n2cnc3c(N)ncnc32)[C@H](O)[C@@H]1O)C1CC(CCc2nc3ccc(C(C)(C)CO)cc3[nH]2)C1.CO. The third-order valence-corrected chi connectivity index (χ3v) is 9.23. The van der Waals surface area contributed by atoms with Gasteiger partial charge in [0, 0.05) is 37.6 Å². The van der Waals surface area contributed by atoms with E-state index in [2.05, 4.69) is 44.7 Å². The van der Waals surface area contributed by atoms with Crippen LogP contribution in [0.5, 0.6) is 0 Å².